The van der Waals surface area contributed by atoms with Crippen LogP contribution in [0.5, 0.6) is 5.75 Å². The van der Waals surface area contributed by atoms with Gasteiger partial charge >= 0.3 is 0 Å². The van der Waals surface area contributed by atoms with Gasteiger partial charge in [0.05, 0.1) is 13.2 Å². The average Bonchev–Trinajstić information content (AvgIpc) is 2.70. The second-order valence-corrected chi connectivity index (χ2v) is 6.92. The first-order chi connectivity index (χ1) is 13.0. The van der Waals surface area contributed by atoms with Crippen molar-refractivity contribution >= 4 is 28.8 Å². The van der Waals surface area contributed by atoms with Crippen LogP contribution in [0.2, 0.25) is 0 Å². The van der Waals surface area contributed by atoms with Gasteiger partial charge in [0.2, 0.25) is 0 Å². The van der Waals surface area contributed by atoms with E-state index in [9.17, 15) is 4.79 Å². The highest BCUT2D eigenvalue weighted by Gasteiger charge is 2.15. The summed E-state index contributed by atoms with van der Waals surface area (Å²) < 4.78 is 11.0. The number of nitrogens with one attached hydrogen (secondary N) is 1. The summed E-state index contributed by atoms with van der Waals surface area (Å²) >= 11 is 5.55. The summed E-state index contributed by atoms with van der Waals surface area (Å²) in [5.74, 6) is 0.459. The zero-order valence-corrected chi connectivity index (χ0v) is 16.5. The minimum absolute atomic E-state index is 0.0406. The summed E-state index contributed by atoms with van der Waals surface area (Å²) in [5, 5.41) is 2.92. The van der Waals surface area contributed by atoms with Crippen LogP contribution >= 0.6 is 12.2 Å². The number of amides is 1. The van der Waals surface area contributed by atoms with Gasteiger partial charge < -0.3 is 19.7 Å². The van der Waals surface area contributed by atoms with E-state index in [4.69, 9.17) is 21.7 Å². The van der Waals surface area contributed by atoms with E-state index in [0.717, 1.165) is 40.5 Å². The molecule has 0 unspecified atom stereocenters. The maximum atomic E-state index is 12.2. The molecule has 0 bridgehead atoms. The molecule has 0 saturated carbocycles. The molecule has 1 N–H and O–H groups in total. The van der Waals surface area contributed by atoms with E-state index in [1.54, 1.807) is 0 Å². The monoisotopic (exact) mass is 384 g/mol. The number of hydrogen-bond acceptors (Lipinski definition) is 4. The van der Waals surface area contributed by atoms with E-state index in [0.29, 0.717) is 19.0 Å². The Balaban J connectivity index is 1.54. The Morgan fingerprint density at radius 1 is 1.11 bits per heavy atom. The lowest BCUT2D eigenvalue weighted by Crippen LogP contribution is -2.40. The van der Waals surface area contributed by atoms with Crippen LogP contribution in [0.3, 0.4) is 0 Å². The van der Waals surface area contributed by atoms with E-state index in [1.807, 2.05) is 56.3 Å². The van der Waals surface area contributed by atoms with Crippen molar-refractivity contribution in [3.05, 3.63) is 59.2 Å². The number of nitrogens with zero attached hydrogens (tertiary/aromatic N) is 1. The minimum Gasteiger partial charge on any atom is -0.484 e. The number of carbonyl (C=O) groups is 1. The molecule has 6 heteroatoms. The third-order valence-corrected chi connectivity index (χ3v) is 5.01. The van der Waals surface area contributed by atoms with Gasteiger partial charge in [0.1, 0.15) is 10.7 Å². The molecule has 0 spiro atoms. The number of ether oxygens (including phenoxy) is 2. The number of para-hydroxylation sites is 1. The van der Waals surface area contributed by atoms with Crippen LogP contribution in [0.25, 0.3) is 0 Å². The third-order valence-electron chi connectivity index (χ3n) is 4.52. The number of hydrogen-bond donors (Lipinski definition) is 1. The van der Waals surface area contributed by atoms with Crippen LogP contribution in [0, 0.1) is 13.8 Å². The van der Waals surface area contributed by atoms with Gasteiger partial charge in [0.15, 0.2) is 6.61 Å². The molecule has 27 heavy (non-hydrogen) atoms. The van der Waals surface area contributed by atoms with Crippen LogP contribution in [0.1, 0.15) is 16.7 Å². The standard InChI is InChI=1S/C21H24N2O3S/c1-15-4-3-5-16(2)20(15)22-19(24)14-26-18-8-6-17(7-9-18)21(27)23-10-12-25-13-11-23/h3-9H,10-14H2,1-2H3,(H,22,24). The summed E-state index contributed by atoms with van der Waals surface area (Å²) in [5.41, 5.74) is 3.88. The lowest BCUT2D eigenvalue weighted by Gasteiger charge is -2.29. The molecule has 0 atom stereocenters. The van der Waals surface area contributed by atoms with Crippen LogP contribution in [0.15, 0.2) is 42.5 Å². The van der Waals surface area contributed by atoms with Crippen molar-refractivity contribution in [2.75, 3.05) is 38.2 Å². The summed E-state index contributed by atoms with van der Waals surface area (Å²) in [6, 6.07) is 13.5. The summed E-state index contributed by atoms with van der Waals surface area (Å²) in [7, 11) is 0. The Labute approximate surface area is 165 Å². The van der Waals surface area contributed by atoms with Crippen molar-refractivity contribution in [3.8, 4) is 5.75 Å². The normalized spacial score (nSPS) is 13.9. The lowest BCUT2D eigenvalue weighted by atomic mass is 10.1. The Kier molecular flexibility index (Phi) is 6.42. The van der Waals surface area contributed by atoms with Gasteiger partial charge in [-0.05, 0) is 49.2 Å². The highest BCUT2D eigenvalue weighted by Crippen LogP contribution is 2.20. The fraction of sp³-hybridized carbons (Fsp3) is 0.333. The Morgan fingerprint density at radius 2 is 1.74 bits per heavy atom. The first-order valence-corrected chi connectivity index (χ1v) is 9.41. The summed E-state index contributed by atoms with van der Waals surface area (Å²) in [6.07, 6.45) is 0. The fourth-order valence-corrected chi connectivity index (χ4v) is 3.30. The Bertz CT molecular complexity index is 794. The molecular formula is C21H24N2O3S. The Hall–Kier alpha value is -2.44. The molecule has 2 aromatic rings. The second-order valence-electron chi connectivity index (χ2n) is 6.53. The average molecular weight is 385 g/mol. The number of carbonyl (C=O) groups excluding carboxylic acids is 1. The molecule has 1 fully saturated rings. The number of rotatable bonds is 5. The number of benzene rings is 2. The highest BCUT2D eigenvalue weighted by molar-refractivity contribution is 7.80. The molecular weight excluding hydrogens is 360 g/mol. The smallest absolute Gasteiger partial charge is 0.262 e. The predicted molar refractivity (Wildman–Crippen MR) is 111 cm³/mol. The van der Waals surface area contributed by atoms with Crippen LogP contribution in [0.4, 0.5) is 5.69 Å². The molecule has 142 valence electrons. The number of morpholine rings is 1. The van der Waals surface area contributed by atoms with Gasteiger partial charge in [-0.2, -0.15) is 0 Å². The number of thiocarbonyl (C=S) groups is 1. The third kappa shape index (κ3) is 5.05. The molecule has 0 aliphatic carbocycles. The highest BCUT2D eigenvalue weighted by atomic mass is 32.1. The van der Waals surface area contributed by atoms with Crippen LogP contribution in [-0.4, -0.2) is 48.7 Å². The van der Waals surface area contributed by atoms with E-state index >= 15 is 0 Å². The first kappa shape index (κ1) is 19.3. The van der Waals surface area contributed by atoms with Gasteiger partial charge in [-0.25, -0.2) is 0 Å². The largest absolute Gasteiger partial charge is 0.484 e. The van der Waals surface area contributed by atoms with Gasteiger partial charge in [0, 0.05) is 24.3 Å². The van der Waals surface area contributed by atoms with E-state index in [1.165, 1.54) is 0 Å². The van der Waals surface area contributed by atoms with Crippen molar-refractivity contribution < 1.29 is 14.3 Å². The topological polar surface area (TPSA) is 50.8 Å². The maximum Gasteiger partial charge on any atom is 0.262 e. The van der Waals surface area contributed by atoms with Crippen LogP contribution in [-0.2, 0) is 9.53 Å². The molecule has 0 radical (unpaired) electrons. The van der Waals surface area contributed by atoms with Crippen molar-refractivity contribution in [2.45, 2.75) is 13.8 Å². The molecule has 2 aromatic carbocycles. The SMILES string of the molecule is Cc1cccc(C)c1NC(=O)COc1ccc(C(=S)N2CCOCC2)cc1. The first-order valence-electron chi connectivity index (χ1n) is 9.00. The van der Waals surface area contributed by atoms with Crippen molar-refractivity contribution in [1.29, 1.82) is 0 Å². The zero-order valence-electron chi connectivity index (χ0n) is 15.7. The fourth-order valence-electron chi connectivity index (χ4n) is 2.98. The minimum atomic E-state index is -0.180. The van der Waals surface area contributed by atoms with Crippen molar-refractivity contribution in [2.24, 2.45) is 0 Å². The summed E-state index contributed by atoms with van der Waals surface area (Å²) in [4.78, 5) is 15.2. The van der Waals surface area contributed by atoms with E-state index < -0.39 is 0 Å². The van der Waals surface area contributed by atoms with Gasteiger partial charge in [-0.15, -0.1) is 0 Å². The number of aryl methyl sites for hydroxylation is 2. The van der Waals surface area contributed by atoms with Gasteiger partial charge in [-0.1, -0.05) is 30.4 Å². The maximum absolute atomic E-state index is 12.2. The van der Waals surface area contributed by atoms with Crippen molar-refractivity contribution in [3.63, 3.8) is 0 Å². The number of anilines is 1. The predicted octanol–water partition coefficient (Wildman–Crippen LogP) is 3.33. The zero-order chi connectivity index (χ0) is 19.2. The van der Waals surface area contributed by atoms with Crippen molar-refractivity contribution in [1.82, 2.24) is 4.90 Å². The van der Waals surface area contributed by atoms with Gasteiger partial charge in [-0.3, -0.25) is 4.79 Å². The molecule has 3 rings (SSSR count). The lowest BCUT2D eigenvalue weighted by molar-refractivity contribution is -0.118. The molecule has 1 saturated heterocycles. The molecule has 1 aliphatic heterocycles. The van der Waals surface area contributed by atoms with E-state index in [-0.39, 0.29) is 12.5 Å². The molecule has 1 amide bonds. The summed E-state index contributed by atoms with van der Waals surface area (Å²) in [6.45, 7) is 6.94. The van der Waals surface area contributed by atoms with E-state index in [2.05, 4.69) is 10.2 Å². The molecule has 1 aliphatic rings. The Morgan fingerprint density at radius 3 is 2.37 bits per heavy atom. The molecule has 0 aromatic heterocycles. The second kappa shape index (κ2) is 8.97. The molecule has 5 nitrogen and oxygen atoms in total. The van der Waals surface area contributed by atoms with Gasteiger partial charge in [0.25, 0.3) is 5.91 Å². The molecule has 1 heterocycles. The van der Waals surface area contributed by atoms with Crippen LogP contribution < -0.4 is 10.1 Å². The quantitative estimate of drug-likeness (QED) is 0.802.